The summed E-state index contributed by atoms with van der Waals surface area (Å²) in [4.78, 5) is 25.9. The molecule has 0 saturated carbocycles. The molecule has 3 aromatic rings. The van der Waals surface area contributed by atoms with Crippen LogP contribution < -0.4 is 10.6 Å². The number of pyridine rings is 1. The summed E-state index contributed by atoms with van der Waals surface area (Å²) < 4.78 is 40.6. The van der Waals surface area contributed by atoms with Gasteiger partial charge in [0.2, 0.25) is 0 Å². The highest BCUT2D eigenvalue weighted by Crippen LogP contribution is 2.34. The average Bonchev–Trinajstić information content (AvgIpc) is 3.34. The van der Waals surface area contributed by atoms with Crippen LogP contribution in [0.3, 0.4) is 0 Å². The third-order valence-electron chi connectivity index (χ3n) is 4.88. The van der Waals surface area contributed by atoms with Gasteiger partial charge in [0.15, 0.2) is 5.13 Å². The average molecular weight is 448 g/mol. The van der Waals surface area contributed by atoms with Gasteiger partial charge in [-0.05, 0) is 31.6 Å². The molecular formula is C20H19F3N6OS. The maximum absolute atomic E-state index is 12.9. The third kappa shape index (κ3) is 4.61. The van der Waals surface area contributed by atoms with Crippen LogP contribution in [0.15, 0.2) is 48.7 Å². The SMILES string of the molecule is CC(NC(=O)c1cc2c(cn1)ncn2C)c1cnc(NC2=CC(C(F)(F)F)CC=C2)s1. The number of nitrogens with zero attached hydrogens (tertiary/aromatic N) is 4. The molecule has 3 aromatic heterocycles. The molecule has 2 atom stereocenters. The summed E-state index contributed by atoms with van der Waals surface area (Å²) in [5.74, 6) is -1.86. The van der Waals surface area contributed by atoms with E-state index in [2.05, 4.69) is 25.6 Å². The molecular weight excluding hydrogens is 429 g/mol. The molecule has 0 fully saturated rings. The predicted molar refractivity (Wildman–Crippen MR) is 112 cm³/mol. The van der Waals surface area contributed by atoms with Gasteiger partial charge in [0.25, 0.3) is 5.91 Å². The van der Waals surface area contributed by atoms with Crippen LogP contribution in [-0.2, 0) is 7.05 Å². The molecule has 0 radical (unpaired) electrons. The Morgan fingerprint density at radius 1 is 1.29 bits per heavy atom. The second kappa shape index (κ2) is 8.14. The fourth-order valence-corrected chi connectivity index (χ4v) is 4.00. The number of aryl methyl sites for hydroxylation is 1. The molecule has 0 bridgehead atoms. The maximum Gasteiger partial charge on any atom is 0.395 e. The zero-order valence-electron chi connectivity index (χ0n) is 16.6. The summed E-state index contributed by atoms with van der Waals surface area (Å²) in [6, 6.07) is 1.31. The molecule has 1 aliphatic carbocycles. The van der Waals surface area contributed by atoms with E-state index in [1.54, 1.807) is 42.4 Å². The quantitative estimate of drug-likeness (QED) is 0.606. The number of carbonyl (C=O) groups is 1. The van der Waals surface area contributed by atoms with Gasteiger partial charge in [-0.25, -0.2) is 15.0 Å². The summed E-state index contributed by atoms with van der Waals surface area (Å²) in [5, 5.41) is 6.23. The van der Waals surface area contributed by atoms with Crippen LogP contribution in [0.1, 0.15) is 34.8 Å². The van der Waals surface area contributed by atoms with Gasteiger partial charge in [-0.15, -0.1) is 0 Å². The van der Waals surface area contributed by atoms with Crippen molar-refractivity contribution in [3.8, 4) is 0 Å². The number of allylic oxidation sites excluding steroid dienone is 3. The first-order chi connectivity index (χ1) is 14.7. The molecule has 0 aliphatic heterocycles. The summed E-state index contributed by atoms with van der Waals surface area (Å²) >= 11 is 1.26. The Balaban J connectivity index is 1.42. The third-order valence-corrected chi connectivity index (χ3v) is 5.98. The lowest BCUT2D eigenvalue weighted by atomic mass is 9.99. The molecule has 2 N–H and O–H groups in total. The van der Waals surface area contributed by atoms with Crippen LogP contribution in [0.4, 0.5) is 18.3 Å². The number of amides is 1. The highest BCUT2D eigenvalue weighted by atomic mass is 32.1. The van der Waals surface area contributed by atoms with Crippen LogP contribution in [0.2, 0.25) is 0 Å². The number of hydrogen-bond donors (Lipinski definition) is 2. The highest BCUT2D eigenvalue weighted by Gasteiger charge is 2.38. The van der Waals surface area contributed by atoms with E-state index in [1.807, 2.05) is 7.05 Å². The van der Waals surface area contributed by atoms with E-state index in [0.29, 0.717) is 16.3 Å². The molecule has 2 unspecified atom stereocenters. The first-order valence-electron chi connectivity index (χ1n) is 9.46. The van der Waals surface area contributed by atoms with Crippen molar-refractivity contribution >= 4 is 33.4 Å². The number of anilines is 1. The Kier molecular flexibility index (Phi) is 5.52. The van der Waals surface area contributed by atoms with Crippen molar-refractivity contribution in [3.63, 3.8) is 0 Å². The van der Waals surface area contributed by atoms with Crippen LogP contribution in [-0.4, -0.2) is 31.6 Å². The van der Waals surface area contributed by atoms with Crippen LogP contribution in [0, 0.1) is 5.92 Å². The smallest absolute Gasteiger partial charge is 0.343 e. The van der Waals surface area contributed by atoms with Crippen LogP contribution in [0.25, 0.3) is 11.0 Å². The number of hydrogen-bond acceptors (Lipinski definition) is 6. The molecule has 7 nitrogen and oxygen atoms in total. The summed E-state index contributed by atoms with van der Waals surface area (Å²) in [5.41, 5.74) is 2.11. The van der Waals surface area contributed by atoms with Gasteiger partial charge in [-0.1, -0.05) is 17.4 Å². The molecule has 162 valence electrons. The molecule has 0 aromatic carbocycles. The van der Waals surface area contributed by atoms with Gasteiger partial charge in [0.1, 0.15) is 11.2 Å². The van der Waals surface area contributed by atoms with Crippen molar-refractivity contribution in [2.45, 2.75) is 25.6 Å². The van der Waals surface area contributed by atoms with Crippen molar-refractivity contribution in [2.75, 3.05) is 5.32 Å². The molecule has 31 heavy (non-hydrogen) atoms. The molecule has 11 heteroatoms. The summed E-state index contributed by atoms with van der Waals surface area (Å²) in [6.45, 7) is 1.80. The van der Waals surface area contributed by atoms with Gasteiger partial charge >= 0.3 is 6.18 Å². The Hall–Kier alpha value is -3.21. The van der Waals surface area contributed by atoms with E-state index in [0.717, 1.165) is 16.5 Å². The number of aromatic nitrogens is 4. The van der Waals surface area contributed by atoms with Crippen molar-refractivity contribution in [2.24, 2.45) is 13.0 Å². The Bertz CT molecular complexity index is 1180. The zero-order chi connectivity index (χ0) is 22.2. The standard InChI is InChI=1S/C20H19F3N6OS/c1-11(27-18(30)14-7-16-15(8-24-14)26-10-29(16)2)17-9-25-19(31-17)28-13-5-3-4-12(6-13)20(21,22)23/h3,5-12H,4H2,1-2H3,(H,25,28)(H,27,30). The molecule has 0 spiro atoms. The lowest BCUT2D eigenvalue weighted by Gasteiger charge is -2.19. The number of nitrogens with one attached hydrogen (secondary N) is 2. The highest BCUT2D eigenvalue weighted by molar-refractivity contribution is 7.15. The Morgan fingerprint density at radius 2 is 2.10 bits per heavy atom. The number of thiazole rings is 1. The van der Waals surface area contributed by atoms with Crippen molar-refractivity contribution in [1.29, 1.82) is 0 Å². The molecule has 1 aliphatic rings. The summed E-state index contributed by atoms with van der Waals surface area (Å²) in [6.07, 6.45) is 4.69. The Labute approximate surface area is 179 Å². The largest absolute Gasteiger partial charge is 0.395 e. The van der Waals surface area contributed by atoms with Gasteiger partial charge in [-0.2, -0.15) is 13.2 Å². The number of imidazole rings is 1. The van der Waals surface area contributed by atoms with E-state index >= 15 is 0 Å². The molecule has 4 rings (SSSR count). The number of halogens is 3. The minimum atomic E-state index is -4.28. The minimum Gasteiger partial charge on any atom is -0.343 e. The lowest BCUT2D eigenvalue weighted by molar-refractivity contribution is -0.160. The van der Waals surface area contributed by atoms with Gasteiger partial charge in [0.05, 0.1) is 30.0 Å². The lowest BCUT2D eigenvalue weighted by Crippen LogP contribution is -2.26. The molecule has 1 amide bonds. The minimum absolute atomic E-state index is 0.0699. The topological polar surface area (TPSA) is 84.7 Å². The van der Waals surface area contributed by atoms with E-state index in [1.165, 1.54) is 17.4 Å². The fraction of sp³-hybridized carbons (Fsp3) is 0.300. The first-order valence-corrected chi connectivity index (χ1v) is 10.3. The van der Waals surface area contributed by atoms with Gasteiger partial charge in [-0.3, -0.25) is 4.79 Å². The van der Waals surface area contributed by atoms with E-state index in [4.69, 9.17) is 0 Å². The van der Waals surface area contributed by atoms with Crippen LogP contribution >= 0.6 is 11.3 Å². The second-order valence-corrected chi connectivity index (χ2v) is 8.27. The Morgan fingerprint density at radius 3 is 2.87 bits per heavy atom. The van der Waals surface area contributed by atoms with E-state index < -0.39 is 12.1 Å². The van der Waals surface area contributed by atoms with E-state index in [-0.39, 0.29) is 24.1 Å². The fourth-order valence-electron chi connectivity index (χ4n) is 3.16. The van der Waals surface area contributed by atoms with Crippen molar-refractivity contribution < 1.29 is 18.0 Å². The molecule has 0 saturated heterocycles. The normalized spacial score (nSPS) is 17.5. The number of alkyl halides is 3. The van der Waals surface area contributed by atoms with Crippen molar-refractivity contribution in [3.05, 3.63) is 59.3 Å². The second-order valence-electron chi connectivity index (χ2n) is 7.21. The predicted octanol–water partition coefficient (Wildman–Crippen LogP) is 4.35. The van der Waals surface area contributed by atoms with Gasteiger partial charge < -0.3 is 15.2 Å². The zero-order valence-corrected chi connectivity index (χ0v) is 17.5. The monoisotopic (exact) mass is 448 g/mol. The van der Waals surface area contributed by atoms with Crippen LogP contribution in [0.5, 0.6) is 0 Å². The maximum atomic E-state index is 12.9. The van der Waals surface area contributed by atoms with Crippen molar-refractivity contribution in [1.82, 2.24) is 24.8 Å². The van der Waals surface area contributed by atoms with E-state index in [9.17, 15) is 18.0 Å². The summed E-state index contributed by atoms with van der Waals surface area (Å²) in [7, 11) is 1.83. The number of carbonyl (C=O) groups excluding carboxylic acids is 1. The molecule has 3 heterocycles. The number of rotatable bonds is 5. The van der Waals surface area contributed by atoms with Gasteiger partial charge in [0, 0.05) is 23.8 Å². The number of fused-ring (bicyclic) bond motifs is 1. The first kappa shape index (κ1) is 21.0.